The SMILES string of the molecule is CCCCOC(=O)C(CCC)C(C)C(=O)OCC1CO1. The summed E-state index contributed by atoms with van der Waals surface area (Å²) < 4.78 is 15.4. The van der Waals surface area contributed by atoms with Gasteiger partial charge in [-0.25, -0.2) is 0 Å². The van der Waals surface area contributed by atoms with Crippen molar-refractivity contribution in [3.05, 3.63) is 0 Å². The number of esters is 2. The fourth-order valence-corrected chi connectivity index (χ4v) is 1.94. The highest BCUT2D eigenvalue weighted by atomic mass is 16.6. The minimum atomic E-state index is -0.470. The minimum Gasteiger partial charge on any atom is -0.465 e. The van der Waals surface area contributed by atoms with E-state index in [0.717, 1.165) is 19.3 Å². The number of unbranched alkanes of at least 4 members (excludes halogenated alkanes) is 1. The van der Waals surface area contributed by atoms with E-state index < -0.39 is 11.8 Å². The molecule has 0 radical (unpaired) electrons. The van der Waals surface area contributed by atoms with Gasteiger partial charge in [0.1, 0.15) is 12.7 Å². The fourth-order valence-electron chi connectivity index (χ4n) is 1.94. The molecule has 5 heteroatoms. The first-order chi connectivity index (χ1) is 9.60. The van der Waals surface area contributed by atoms with Crippen LogP contribution in [0, 0.1) is 11.8 Å². The Morgan fingerprint density at radius 2 is 1.90 bits per heavy atom. The molecular weight excluding hydrogens is 260 g/mol. The van der Waals surface area contributed by atoms with Gasteiger partial charge in [-0.1, -0.05) is 33.6 Å². The van der Waals surface area contributed by atoms with Crippen molar-refractivity contribution in [3.63, 3.8) is 0 Å². The van der Waals surface area contributed by atoms with Gasteiger partial charge in [0.05, 0.1) is 25.0 Å². The van der Waals surface area contributed by atoms with Crippen molar-refractivity contribution in [1.82, 2.24) is 0 Å². The summed E-state index contributed by atoms with van der Waals surface area (Å²) in [5, 5.41) is 0. The first kappa shape index (κ1) is 17.0. The molecule has 1 aliphatic rings. The number of rotatable bonds is 10. The van der Waals surface area contributed by atoms with Gasteiger partial charge in [0.2, 0.25) is 0 Å². The zero-order valence-electron chi connectivity index (χ0n) is 12.7. The molecule has 0 aromatic carbocycles. The van der Waals surface area contributed by atoms with Crippen LogP contribution in [0.25, 0.3) is 0 Å². The maximum atomic E-state index is 12.0. The van der Waals surface area contributed by atoms with Gasteiger partial charge in [0.25, 0.3) is 0 Å². The van der Waals surface area contributed by atoms with Crippen LogP contribution in [0.1, 0.15) is 46.5 Å². The molecule has 0 spiro atoms. The Kier molecular flexibility index (Phi) is 7.59. The second-order valence-electron chi connectivity index (χ2n) is 5.29. The number of carbonyl (C=O) groups is 2. The summed E-state index contributed by atoms with van der Waals surface area (Å²) in [5.41, 5.74) is 0. The van der Waals surface area contributed by atoms with Crippen LogP contribution in [0.3, 0.4) is 0 Å². The predicted molar refractivity (Wildman–Crippen MR) is 74.1 cm³/mol. The van der Waals surface area contributed by atoms with Crippen molar-refractivity contribution < 1.29 is 23.8 Å². The molecule has 1 fully saturated rings. The van der Waals surface area contributed by atoms with Gasteiger partial charge in [-0.3, -0.25) is 9.59 Å². The van der Waals surface area contributed by atoms with Gasteiger partial charge in [-0.05, 0) is 12.8 Å². The van der Waals surface area contributed by atoms with Crippen LogP contribution in [0.2, 0.25) is 0 Å². The minimum absolute atomic E-state index is 0.0484. The molecule has 0 aliphatic carbocycles. The maximum Gasteiger partial charge on any atom is 0.309 e. The Labute approximate surface area is 121 Å². The van der Waals surface area contributed by atoms with Crippen molar-refractivity contribution in [1.29, 1.82) is 0 Å². The second kappa shape index (κ2) is 8.95. The summed E-state index contributed by atoms with van der Waals surface area (Å²) in [5.74, 6) is -1.51. The Morgan fingerprint density at radius 3 is 2.45 bits per heavy atom. The normalized spacial score (nSPS) is 20.1. The zero-order valence-corrected chi connectivity index (χ0v) is 12.7. The molecular formula is C15H26O5. The number of ether oxygens (including phenoxy) is 3. The average molecular weight is 286 g/mol. The van der Waals surface area contributed by atoms with Crippen LogP contribution in [-0.4, -0.2) is 37.9 Å². The molecule has 1 rings (SSSR count). The topological polar surface area (TPSA) is 65.1 Å². The van der Waals surface area contributed by atoms with Gasteiger partial charge in [0.15, 0.2) is 0 Å². The summed E-state index contributed by atoms with van der Waals surface area (Å²) in [6, 6.07) is 0. The van der Waals surface area contributed by atoms with Crippen molar-refractivity contribution in [2.45, 2.75) is 52.6 Å². The van der Waals surface area contributed by atoms with Gasteiger partial charge >= 0.3 is 11.9 Å². The van der Waals surface area contributed by atoms with E-state index in [-0.39, 0.29) is 24.6 Å². The molecule has 1 heterocycles. The number of epoxide rings is 1. The van der Waals surface area contributed by atoms with Crippen LogP contribution in [0.4, 0.5) is 0 Å². The molecule has 0 aromatic rings. The molecule has 3 atom stereocenters. The molecule has 20 heavy (non-hydrogen) atoms. The van der Waals surface area contributed by atoms with E-state index >= 15 is 0 Å². The third kappa shape index (κ3) is 5.90. The lowest BCUT2D eigenvalue weighted by atomic mass is 9.90. The van der Waals surface area contributed by atoms with E-state index in [1.165, 1.54) is 0 Å². The van der Waals surface area contributed by atoms with Crippen molar-refractivity contribution >= 4 is 11.9 Å². The third-order valence-corrected chi connectivity index (χ3v) is 3.43. The Balaban J connectivity index is 2.43. The summed E-state index contributed by atoms with van der Waals surface area (Å²) in [7, 11) is 0. The molecule has 1 saturated heterocycles. The van der Waals surface area contributed by atoms with E-state index in [0.29, 0.717) is 19.6 Å². The smallest absolute Gasteiger partial charge is 0.309 e. The predicted octanol–water partition coefficient (Wildman–Crippen LogP) is 2.32. The molecule has 0 saturated carbocycles. The molecule has 5 nitrogen and oxygen atoms in total. The third-order valence-electron chi connectivity index (χ3n) is 3.43. The fraction of sp³-hybridized carbons (Fsp3) is 0.867. The van der Waals surface area contributed by atoms with E-state index in [4.69, 9.17) is 14.2 Å². The van der Waals surface area contributed by atoms with Crippen molar-refractivity contribution in [2.75, 3.05) is 19.8 Å². The lowest BCUT2D eigenvalue weighted by Gasteiger charge is -2.20. The van der Waals surface area contributed by atoms with E-state index in [9.17, 15) is 9.59 Å². The summed E-state index contributed by atoms with van der Waals surface area (Å²) in [6.45, 7) is 7.12. The van der Waals surface area contributed by atoms with Crippen LogP contribution in [-0.2, 0) is 23.8 Å². The zero-order chi connectivity index (χ0) is 15.0. The highest BCUT2D eigenvalue weighted by Crippen LogP contribution is 2.22. The molecule has 0 bridgehead atoms. The van der Waals surface area contributed by atoms with Crippen LogP contribution < -0.4 is 0 Å². The van der Waals surface area contributed by atoms with Crippen LogP contribution in [0.5, 0.6) is 0 Å². The first-order valence-electron chi connectivity index (χ1n) is 7.55. The molecule has 1 aliphatic heterocycles. The van der Waals surface area contributed by atoms with Gasteiger partial charge < -0.3 is 14.2 Å². The highest BCUT2D eigenvalue weighted by Gasteiger charge is 2.33. The standard InChI is InChI=1S/C15H26O5/c1-4-6-8-18-15(17)13(7-5-2)11(3)14(16)20-10-12-9-19-12/h11-13H,4-10H2,1-3H3. The summed E-state index contributed by atoms with van der Waals surface area (Å²) >= 11 is 0. The van der Waals surface area contributed by atoms with Gasteiger partial charge in [-0.15, -0.1) is 0 Å². The van der Waals surface area contributed by atoms with E-state index in [2.05, 4.69) is 0 Å². The lowest BCUT2D eigenvalue weighted by molar-refractivity contribution is -0.160. The van der Waals surface area contributed by atoms with Crippen molar-refractivity contribution in [2.24, 2.45) is 11.8 Å². The molecule has 0 N–H and O–H groups in total. The number of carbonyl (C=O) groups excluding carboxylic acids is 2. The molecule has 0 aromatic heterocycles. The first-order valence-corrected chi connectivity index (χ1v) is 7.55. The average Bonchev–Trinajstić information content (AvgIpc) is 3.25. The Hall–Kier alpha value is -1.10. The number of hydrogen-bond acceptors (Lipinski definition) is 5. The van der Waals surface area contributed by atoms with Gasteiger partial charge in [0, 0.05) is 0 Å². The summed E-state index contributed by atoms with van der Waals surface area (Å²) in [6.07, 6.45) is 3.35. The Morgan fingerprint density at radius 1 is 1.20 bits per heavy atom. The molecule has 3 unspecified atom stereocenters. The lowest BCUT2D eigenvalue weighted by Crippen LogP contribution is -2.31. The Bertz CT molecular complexity index is 311. The van der Waals surface area contributed by atoms with E-state index in [1.54, 1.807) is 6.92 Å². The van der Waals surface area contributed by atoms with E-state index in [1.807, 2.05) is 13.8 Å². The van der Waals surface area contributed by atoms with Crippen molar-refractivity contribution in [3.8, 4) is 0 Å². The quantitative estimate of drug-likeness (QED) is 0.350. The second-order valence-corrected chi connectivity index (χ2v) is 5.29. The largest absolute Gasteiger partial charge is 0.465 e. The van der Waals surface area contributed by atoms with Gasteiger partial charge in [-0.2, -0.15) is 0 Å². The monoisotopic (exact) mass is 286 g/mol. The van der Waals surface area contributed by atoms with Crippen LogP contribution >= 0.6 is 0 Å². The highest BCUT2D eigenvalue weighted by molar-refractivity contribution is 5.81. The maximum absolute atomic E-state index is 12.0. The molecule has 116 valence electrons. The molecule has 0 amide bonds. The number of hydrogen-bond donors (Lipinski definition) is 0. The summed E-state index contributed by atoms with van der Waals surface area (Å²) in [4.78, 5) is 24.0. The van der Waals surface area contributed by atoms with Crippen LogP contribution in [0.15, 0.2) is 0 Å².